The molecule has 15 heavy (non-hydrogen) atoms. The highest BCUT2D eigenvalue weighted by molar-refractivity contribution is 4.88. The molecule has 90 valence electrons. The van der Waals surface area contributed by atoms with E-state index in [0.29, 0.717) is 0 Å². The van der Waals surface area contributed by atoms with Crippen LogP contribution in [-0.4, -0.2) is 10.7 Å². The summed E-state index contributed by atoms with van der Waals surface area (Å²) >= 11 is 0. The molecule has 2 atom stereocenters. The molecule has 1 N–H and O–H groups in total. The Bertz CT molecular complexity index is 167. The molecule has 0 aromatic carbocycles. The Morgan fingerprint density at radius 3 is 2.47 bits per heavy atom. The lowest BCUT2D eigenvalue weighted by molar-refractivity contribution is 0.0318. The van der Waals surface area contributed by atoms with Crippen LogP contribution in [0.15, 0.2) is 0 Å². The molecule has 1 fully saturated rings. The van der Waals surface area contributed by atoms with Crippen LogP contribution in [0.2, 0.25) is 0 Å². The standard InChI is InChI=1S/C14H28O/c1-3-5-6-7-8-10-14(15)11-9-13(4-2)12-14/h13,15H,3-12H2,1-2H3. The maximum atomic E-state index is 10.3. The van der Waals surface area contributed by atoms with Crippen molar-refractivity contribution in [3.05, 3.63) is 0 Å². The second kappa shape index (κ2) is 6.52. The van der Waals surface area contributed by atoms with Crippen LogP contribution in [0.4, 0.5) is 0 Å². The molecule has 1 heteroatoms. The number of unbranched alkanes of at least 4 members (excludes halogenated alkanes) is 4. The summed E-state index contributed by atoms with van der Waals surface area (Å²) in [6.07, 6.45) is 12.2. The predicted octanol–water partition coefficient (Wildman–Crippen LogP) is 4.29. The Labute approximate surface area is 95.3 Å². The number of hydrogen-bond donors (Lipinski definition) is 1. The summed E-state index contributed by atoms with van der Waals surface area (Å²) in [5.41, 5.74) is -0.285. The van der Waals surface area contributed by atoms with Gasteiger partial charge in [0.05, 0.1) is 5.60 Å². The zero-order valence-corrected chi connectivity index (χ0v) is 10.6. The van der Waals surface area contributed by atoms with Crippen LogP contribution < -0.4 is 0 Å². The third-order valence-electron chi connectivity index (χ3n) is 4.01. The first-order valence-corrected chi connectivity index (χ1v) is 6.92. The minimum Gasteiger partial charge on any atom is -0.390 e. The van der Waals surface area contributed by atoms with Gasteiger partial charge in [0.2, 0.25) is 0 Å². The molecule has 0 heterocycles. The molecule has 1 aliphatic carbocycles. The van der Waals surface area contributed by atoms with Gasteiger partial charge >= 0.3 is 0 Å². The van der Waals surface area contributed by atoms with Gasteiger partial charge in [-0.15, -0.1) is 0 Å². The third-order valence-corrected chi connectivity index (χ3v) is 4.01. The lowest BCUT2D eigenvalue weighted by Crippen LogP contribution is -2.24. The molecule has 2 unspecified atom stereocenters. The average Bonchev–Trinajstić information content (AvgIpc) is 2.61. The summed E-state index contributed by atoms with van der Waals surface area (Å²) < 4.78 is 0. The van der Waals surface area contributed by atoms with Crippen molar-refractivity contribution in [1.29, 1.82) is 0 Å². The molecule has 1 nitrogen and oxygen atoms in total. The van der Waals surface area contributed by atoms with Gasteiger partial charge in [0, 0.05) is 0 Å². The summed E-state index contributed by atoms with van der Waals surface area (Å²) in [4.78, 5) is 0. The Morgan fingerprint density at radius 2 is 1.87 bits per heavy atom. The second-order valence-corrected chi connectivity index (χ2v) is 5.41. The zero-order chi connectivity index (χ0) is 11.1. The highest BCUT2D eigenvalue weighted by Crippen LogP contribution is 2.39. The van der Waals surface area contributed by atoms with Crippen LogP contribution >= 0.6 is 0 Å². The lowest BCUT2D eigenvalue weighted by atomic mass is 9.92. The van der Waals surface area contributed by atoms with E-state index in [9.17, 15) is 5.11 Å². The molecular formula is C14H28O. The number of rotatable bonds is 7. The first kappa shape index (κ1) is 13.0. The highest BCUT2D eigenvalue weighted by atomic mass is 16.3. The van der Waals surface area contributed by atoms with Gasteiger partial charge in [-0.05, 0) is 31.6 Å². The van der Waals surface area contributed by atoms with E-state index in [0.717, 1.165) is 25.2 Å². The van der Waals surface area contributed by atoms with Gasteiger partial charge in [0.25, 0.3) is 0 Å². The third kappa shape index (κ3) is 4.55. The smallest absolute Gasteiger partial charge is 0.0650 e. The van der Waals surface area contributed by atoms with Gasteiger partial charge in [-0.2, -0.15) is 0 Å². The lowest BCUT2D eigenvalue weighted by Gasteiger charge is -2.22. The Hall–Kier alpha value is -0.0400. The van der Waals surface area contributed by atoms with E-state index in [-0.39, 0.29) is 5.60 Å². The molecule has 0 aliphatic heterocycles. The fraction of sp³-hybridized carbons (Fsp3) is 1.00. The molecule has 0 spiro atoms. The second-order valence-electron chi connectivity index (χ2n) is 5.41. The molecule has 0 aromatic heterocycles. The molecule has 0 saturated heterocycles. The van der Waals surface area contributed by atoms with Crippen molar-refractivity contribution in [2.24, 2.45) is 5.92 Å². The number of hydrogen-bond acceptors (Lipinski definition) is 1. The van der Waals surface area contributed by atoms with E-state index in [4.69, 9.17) is 0 Å². The summed E-state index contributed by atoms with van der Waals surface area (Å²) in [6, 6.07) is 0. The SMILES string of the molecule is CCCCCCCC1(O)CCC(CC)C1. The summed E-state index contributed by atoms with van der Waals surface area (Å²) in [5.74, 6) is 0.797. The Morgan fingerprint density at radius 1 is 1.13 bits per heavy atom. The minimum absolute atomic E-state index is 0.285. The highest BCUT2D eigenvalue weighted by Gasteiger charge is 2.35. The Balaban J connectivity index is 2.10. The summed E-state index contributed by atoms with van der Waals surface area (Å²) in [5, 5.41) is 10.3. The van der Waals surface area contributed by atoms with Gasteiger partial charge in [0.1, 0.15) is 0 Å². The fourth-order valence-corrected chi connectivity index (χ4v) is 2.85. The molecular weight excluding hydrogens is 184 g/mol. The summed E-state index contributed by atoms with van der Waals surface area (Å²) in [7, 11) is 0. The topological polar surface area (TPSA) is 20.2 Å². The average molecular weight is 212 g/mol. The quantitative estimate of drug-likeness (QED) is 0.624. The van der Waals surface area contributed by atoms with Crippen LogP contribution in [-0.2, 0) is 0 Å². The molecule has 0 amide bonds. The van der Waals surface area contributed by atoms with Gasteiger partial charge < -0.3 is 5.11 Å². The van der Waals surface area contributed by atoms with Crippen LogP contribution in [0, 0.1) is 5.92 Å². The molecule has 0 radical (unpaired) electrons. The van der Waals surface area contributed by atoms with Crippen molar-refractivity contribution in [2.45, 2.75) is 83.7 Å². The van der Waals surface area contributed by atoms with Gasteiger partial charge in [0.15, 0.2) is 0 Å². The molecule has 0 bridgehead atoms. The van der Waals surface area contributed by atoms with Crippen molar-refractivity contribution >= 4 is 0 Å². The van der Waals surface area contributed by atoms with E-state index < -0.39 is 0 Å². The fourth-order valence-electron chi connectivity index (χ4n) is 2.85. The van der Waals surface area contributed by atoms with Crippen LogP contribution in [0.25, 0.3) is 0 Å². The monoisotopic (exact) mass is 212 g/mol. The van der Waals surface area contributed by atoms with Crippen molar-refractivity contribution in [1.82, 2.24) is 0 Å². The van der Waals surface area contributed by atoms with Gasteiger partial charge in [-0.3, -0.25) is 0 Å². The molecule has 1 aliphatic rings. The van der Waals surface area contributed by atoms with E-state index >= 15 is 0 Å². The van der Waals surface area contributed by atoms with Crippen molar-refractivity contribution < 1.29 is 5.11 Å². The first-order valence-electron chi connectivity index (χ1n) is 6.92. The maximum absolute atomic E-state index is 10.3. The van der Waals surface area contributed by atoms with Crippen molar-refractivity contribution in [2.75, 3.05) is 0 Å². The van der Waals surface area contributed by atoms with E-state index in [1.807, 2.05) is 0 Å². The Kier molecular flexibility index (Phi) is 5.66. The van der Waals surface area contributed by atoms with Gasteiger partial charge in [-0.25, -0.2) is 0 Å². The molecule has 1 rings (SSSR count). The maximum Gasteiger partial charge on any atom is 0.0650 e. The minimum atomic E-state index is -0.285. The zero-order valence-electron chi connectivity index (χ0n) is 10.6. The van der Waals surface area contributed by atoms with Crippen LogP contribution in [0.5, 0.6) is 0 Å². The van der Waals surface area contributed by atoms with Gasteiger partial charge in [-0.1, -0.05) is 52.4 Å². The predicted molar refractivity (Wildman–Crippen MR) is 66.0 cm³/mol. The van der Waals surface area contributed by atoms with E-state index in [1.165, 1.54) is 44.9 Å². The first-order chi connectivity index (χ1) is 7.20. The summed E-state index contributed by atoms with van der Waals surface area (Å²) in [6.45, 7) is 4.49. The van der Waals surface area contributed by atoms with Crippen molar-refractivity contribution in [3.8, 4) is 0 Å². The van der Waals surface area contributed by atoms with Crippen LogP contribution in [0.1, 0.15) is 78.1 Å². The van der Waals surface area contributed by atoms with Crippen molar-refractivity contribution in [3.63, 3.8) is 0 Å². The van der Waals surface area contributed by atoms with E-state index in [1.54, 1.807) is 0 Å². The number of aliphatic hydroxyl groups is 1. The molecule has 1 saturated carbocycles. The van der Waals surface area contributed by atoms with E-state index in [2.05, 4.69) is 13.8 Å². The van der Waals surface area contributed by atoms with Crippen LogP contribution in [0.3, 0.4) is 0 Å². The molecule has 0 aromatic rings. The largest absolute Gasteiger partial charge is 0.390 e. The normalized spacial score (nSPS) is 31.0.